The second-order valence-electron chi connectivity index (χ2n) is 8.40. The lowest BCUT2D eigenvalue weighted by Crippen LogP contribution is -2.26. The molecule has 0 amide bonds. The van der Waals surface area contributed by atoms with Crippen molar-refractivity contribution in [2.45, 2.75) is 25.3 Å². The molecule has 0 saturated heterocycles. The van der Waals surface area contributed by atoms with E-state index in [2.05, 4.69) is 89.9 Å². The highest BCUT2D eigenvalue weighted by Gasteiger charge is 2.37. The van der Waals surface area contributed by atoms with Crippen LogP contribution in [-0.4, -0.2) is 6.04 Å². The summed E-state index contributed by atoms with van der Waals surface area (Å²) < 4.78 is 6.68. The predicted molar refractivity (Wildman–Crippen MR) is 125 cm³/mol. The van der Waals surface area contributed by atoms with Crippen molar-refractivity contribution in [1.29, 1.82) is 0 Å². The number of allylic oxidation sites excluding steroid dienone is 3. The molecule has 1 atom stereocenters. The van der Waals surface area contributed by atoms with Gasteiger partial charge >= 0.3 is 0 Å². The molecule has 2 aliphatic carbocycles. The van der Waals surface area contributed by atoms with Gasteiger partial charge in [0.1, 0.15) is 11.2 Å². The van der Waals surface area contributed by atoms with E-state index in [1.54, 1.807) is 0 Å². The van der Waals surface area contributed by atoms with Gasteiger partial charge in [0.15, 0.2) is 0 Å². The summed E-state index contributed by atoms with van der Waals surface area (Å²) in [6, 6.07) is 20.1. The fraction of sp³-hybridized carbons (Fsp3) is 0.143. The normalized spacial score (nSPS) is 19.1. The van der Waals surface area contributed by atoms with Crippen LogP contribution in [0.3, 0.4) is 0 Å². The fourth-order valence-corrected chi connectivity index (χ4v) is 5.46. The van der Waals surface area contributed by atoms with Crippen LogP contribution in [0.4, 0.5) is 11.4 Å². The van der Waals surface area contributed by atoms with Crippen molar-refractivity contribution < 1.29 is 4.42 Å². The largest absolute Gasteiger partial charge is 0.455 e. The van der Waals surface area contributed by atoms with Gasteiger partial charge in [-0.2, -0.15) is 0 Å². The van der Waals surface area contributed by atoms with Crippen molar-refractivity contribution in [3.05, 3.63) is 95.6 Å². The molecule has 0 bridgehead atoms. The van der Waals surface area contributed by atoms with Crippen LogP contribution in [-0.2, 0) is 6.42 Å². The Kier molecular flexibility index (Phi) is 3.25. The van der Waals surface area contributed by atoms with E-state index in [-0.39, 0.29) is 0 Å². The number of hydrogen-bond acceptors (Lipinski definition) is 2. The SMILES string of the molecule is C1=CCC2C(=C1)c1c(ccc3c1oc1c4c(ccc13)CCC=C4)N2c1ccccc1. The number of nitrogens with zero attached hydrogens (tertiary/aromatic N) is 1. The number of furan rings is 1. The van der Waals surface area contributed by atoms with Crippen LogP contribution >= 0.6 is 0 Å². The van der Waals surface area contributed by atoms with Crippen LogP contribution in [0.2, 0.25) is 0 Å². The van der Waals surface area contributed by atoms with Gasteiger partial charge in [-0.1, -0.05) is 60.7 Å². The Hall–Kier alpha value is -3.52. The molecule has 0 saturated carbocycles. The molecule has 0 spiro atoms. The van der Waals surface area contributed by atoms with Crippen molar-refractivity contribution in [3.63, 3.8) is 0 Å². The van der Waals surface area contributed by atoms with E-state index < -0.39 is 0 Å². The summed E-state index contributed by atoms with van der Waals surface area (Å²) in [4.78, 5) is 2.48. The minimum atomic E-state index is 0.319. The van der Waals surface area contributed by atoms with E-state index in [4.69, 9.17) is 4.42 Å². The van der Waals surface area contributed by atoms with Crippen molar-refractivity contribution in [3.8, 4) is 0 Å². The first-order valence-corrected chi connectivity index (χ1v) is 10.8. The number of anilines is 2. The van der Waals surface area contributed by atoms with Gasteiger partial charge in [-0.15, -0.1) is 0 Å². The van der Waals surface area contributed by atoms with Crippen LogP contribution in [0.15, 0.2) is 83.3 Å². The van der Waals surface area contributed by atoms with E-state index in [1.165, 1.54) is 44.4 Å². The van der Waals surface area contributed by atoms with Crippen LogP contribution in [0.5, 0.6) is 0 Å². The highest BCUT2D eigenvalue weighted by Crippen LogP contribution is 2.51. The molecule has 2 heteroatoms. The maximum atomic E-state index is 6.68. The number of aryl methyl sites for hydroxylation is 1. The zero-order valence-corrected chi connectivity index (χ0v) is 16.6. The van der Waals surface area contributed by atoms with Crippen molar-refractivity contribution in [2.75, 3.05) is 4.90 Å². The van der Waals surface area contributed by atoms with E-state index in [1.807, 2.05) is 0 Å². The Morgan fingerprint density at radius 1 is 0.867 bits per heavy atom. The minimum absolute atomic E-state index is 0.319. The summed E-state index contributed by atoms with van der Waals surface area (Å²) >= 11 is 0. The Balaban J connectivity index is 1.56. The van der Waals surface area contributed by atoms with E-state index >= 15 is 0 Å². The van der Waals surface area contributed by atoms with E-state index in [9.17, 15) is 0 Å². The maximum Gasteiger partial charge on any atom is 0.145 e. The lowest BCUT2D eigenvalue weighted by molar-refractivity contribution is 0.665. The second kappa shape index (κ2) is 5.99. The second-order valence-corrected chi connectivity index (χ2v) is 8.40. The van der Waals surface area contributed by atoms with Gasteiger partial charge < -0.3 is 9.32 Å². The zero-order chi connectivity index (χ0) is 19.7. The van der Waals surface area contributed by atoms with Gasteiger partial charge in [-0.3, -0.25) is 0 Å². The summed E-state index contributed by atoms with van der Waals surface area (Å²) in [5.74, 6) is 0. The molecule has 0 fully saturated rings. The number of fused-ring (bicyclic) bond motifs is 9. The molecule has 3 aliphatic rings. The number of benzene rings is 3. The quantitative estimate of drug-likeness (QED) is 0.338. The lowest BCUT2D eigenvalue weighted by Gasteiger charge is -2.28. The first-order chi connectivity index (χ1) is 14.9. The standard InChI is InChI=1S/C28H21NO/c1-2-9-19(10-3-1)29-24-13-7-6-12-23(24)26-25(29)17-16-22-21-15-14-18-8-4-5-11-20(18)27(21)30-28(22)26/h1-3,5-7,9-12,14-17,24H,4,8,13H2. The third-order valence-corrected chi connectivity index (χ3v) is 6.81. The third-order valence-electron chi connectivity index (χ3n) is 6.81. The summed E-state index contributed by atoms with van der Waals surface area (Å²) in [6.45, 7) is 0. The van der Waals surface area contributed by atoms with Gasteiger partial charge in [0.25, 0.3) is 0 Å². The average Bonchev–Trinajstić information content (AvgIpc) is 3.35. The molecule has 7 rings (SSSR count). The zero-order valence-electron chi connectivity index (χ0n) is 16.6. The van der Waals surface area contributed by atoms with Crippen molar-refractivity contribution >= 4 is 45.0 Å². The molecule has 1 aliphatic heterocycles. The Labute approximate surface area is 175 Å². The van der Waals surface area contributed by atoms with Crippen molar-refractivity contribution in [2.24, 2.45) is 0 Å². The molecule has 144 valence electrons. The Morgan fingerprint density at radius 3 is 2.67 bits per heavy atom. The average molecular weight is 387 g/mol. The van der Waals surface area contributed by atoms with Crippen LogP contribution in [0.25, 0.3) is 33.6 Å². The first-order valence-electron chi connectivity index (χ1n) is 10.8. The van der Waals surface area contributed by atoms with Gasteiger partial charge in [0.05, 0.1) is 11.7 Å². The lowest BCUT2D eigenvalue weighted by atomic mass is 9.93. The monoisotopic (exact) mass is 387 g/mol. The molecule has 2 nitrogen and oxygen atoms in total. The van der Waals surface area contributed by atoms with Gasteiger partial charge in [0, 0.05) is 27.6 Å². The molecule has 3 aromatic carbocycles. The van der Waals surface area contributed by atoms with Crippen LogP contribution in [0, 0.1) is 0 Å². The minimum Gasteiger partial charge on any atom is -0.455 e. The predicted octanol–water partition coefficient (Wildman–Crippen LogP) is 7.41. The van der Waals surface area contributed by atoms with Gasteiger partial charge in [-0.25, -0.2) is 0 Å². The number of para-hydroxylation sites is 1. The van der Waals surface area contributed by atoms with Crippen molar-refractivity contribution in [1.82, 2.24) is 0 Å². The van der Waals surface area contributed by atoms with Crippen LogP contribution < -0.4 is 4.90 Å². The van der Waals surface area contributed by atoms with Gasteiger partial charge in [0.2, 0.25) is 0 Å². The Bertz CT molecular complexity index is 1420. The highest BCUT2D eigenvalue weighted by molar-refractivity contribution is 6.14. The first kappa shape index (κ1) is 16.3. The molecule has 0 N–H and O–H groups in total. The molecule has 30 heavy (non-hydrogen) atoms. The third kappa shape index (κ3) is 2.08. The van der Waals surface area contributed by atoms with E-state index in [0.717, 1.165) is 30.4 Å². The van der Waals surface area contributed by atoms with Gasteiger partial charge in [-0.05, 0) is 54.7 Å². The number of rotatable bonds is 1. The molecular weight excluding hydrogens is 366 g/mol. The molecule has 1 aromatic heterocycles. The highest BCUT2D eigenvalue weighted by atomic mass is 16.3. The Morgan fingerprint density at radius 2 is 1.73 bits per heavy atom. The molecule has 0 radical (unpaired) electrons. The van der Waals surface area contributed by atoms with Crippen LogP contribution in [0.1, 0.15) is 29.5 Å². The number of hydrogen-bond donors (Lipinski definition) is 0. The molecular formula is C28H21NO. The maximum absolute atomic E-state index is 6.68. The summed E-state index contributed by atoms with van der Waals surface area (Å²) in [5, 5.41) is 2.44. The summed E-state index contributed by atoms with van der Waals surface area (Å²) in [5.41, 5.74) is 9.82. The molecule has 4 aromatic rings. The summed E-state index contributed by atoms with van der Waals surface area (Å²) in [7, 11) is 0. The molecule has 2 heterocycles. The fourth-order valence-electron chi connectivity index (χ4n) is 5.46. The smallest absolute Gasteiger partial charge is 0.145 e. The topological polar surface area (TPSA) is 16.4 Å². The van der Waals surface area contributed by atoms with E-state index in [0.29, 0.717) is 6.04 Å². The molecule has 1 unspecified atom stereocenters. The summed E-state index contributed by atoms with van der Waals surface area (Å²) in [6.07, 6.45) is 14.5.